The van der Waals surface area contributed by atoms with Crippen LogP contribution in [0, 0.1) is 0 Å². The molecule has 0 aromatic rings. The maximum absolute atomic E-state index is 11.0. The van der Waals surface area contributed by atoms with Crippen LogP contribution >= 0.6 is 0 Å². The average molecular weight is 197 g/mol. The molecule has 1 fully saturated rings. The summed E-state index contributed by atoms with van der Waals surface area (Å²) in [5, 5.41) is 0. The zero-order valence-corrected chi connectivity index (χ0v) is 8.87. The van der Waals surface area contributed by atoms with Crippen molar-refractivity contribution in [3.63, 3.8) is 0 Å². The lowest BCUT2D eigenvalue weighted by Crippen LogP contribution is -2.18. The van der Waals surface area contributed by atoms with E-state index in [1.165, 1.54) is 25.9 Å². The number of carbonyl (C=O) groups is 1. The second-order valence-electron chi connectivity index (χ2n) is 3.49. The second kappa shape index (κ2) is 6.60. The number of ether oxygens (including phenoxy) is 1. The van der Waals surface area contributed by atoms with E-state index in [-0.39, 0.29) is 5.97 Å². The minimum absolute atomic E-state index is 0.134. The first-order valence-corrected chi connectivity index (χ1v) is 5.36. The predicted octanol–water partition coefficient (Wildman–Crippen LogP) is 1.59. The van der Waals surface area contributed by atoms with Crippen molar-refractivity contribution in [2.24, 2.45) is 0 Å². The van der Waals surface area contributed by atoms with Crippen LogP contribution in [0.4, 0.5) is 0 Å². The normalized spacial score (nSPS) is 17.8. The number of rotatable bonds is 5. The summed E-state index contributed by atoms with van der Waals surface area (Å²) in [6.07, 6.45) is 6.98. The highest BCUT2D eigenvalue weighted by Crippen LogP contribution is 2.06. The molecule has 0 N–H and O–H groups in total. The summed E-state index contributed by atoms with van der Waals surface area (Å²) in [6.45, 7) is 5.66. The highest BCUT2D eigenvalue weighted by Gasteiger charge is 2.08. The minimum atomic E-state index is -0.134. The van der Waals surface area contributed by atoms with Crippen LogP contribution in [0.1, 0.15) is 26.2 Å². The summed E-state index contributed by atoms with van der Waals surface area (Å²) in [6, 6.07) is 0. The van der Waals surface area contributed by atoms with Crippen LogP contribution in [-0.4, -0.2) is 37.1 Å². The van der Waals surface area contributed by atoms with Crippen LogP contribution < -0.4 is 0 Å². The van der Waals surface area contributed by atoms with Crippen LogP contribution in [0.25, 0.3) is 0 Å². The van der Waals surface area contributed by atoms with Gasteiger partial charge in [-0.05, 0) is 32.9 Å². The van der Waals surface area contributed by atoms with Gasteiger partial charge >= 0.3 is 5.97 Å². The summed E-state index contributed by atoms with van der Waals surface area (Å²) >= 11 is 0. The molecule has 0 amide bonds. The van der Waals surface area contributed by atoms with Gasteiger partial charge in [-0.1, -0.05) is 12.2 Å². The monoisotopic (exact) mass is 197 g/mol. The molecule has 0 aromatic heterocycles. The number of likely N-dealkylation sites (tertiary alicyclic amines) is 1. The highest BCUT2D eigenvalue weighted by molar-refractivity contribution is 5.71. The molecule has 0 aromatic carbocycles. The van der Waals surface area contributed by atoms with Crippen molar-refractivity contribution in [2.75, 3.05) is 26.2 Å². The van der Waals surface area contributed by atoms with E-state index < -0.39 is 0 Å². The zero-order valence-electron chi connectivity index (χ0n) is 8.87. The molecule has 1 aliphatic rings. The maximum atomic E-state index is 11.0. The van der Waals surface area contributed by atoms with E-state index in [2.05, 4.69) is 11.0 Å². The Morgan fingerprint density at radius 3 is 2.71 bits per heavy atom. The fourth-order valence-corrected chi connectivity index (χ4v) is 1.59. The van der Waals surface area contributed by atoms with Crippen LogP contribution in [-0.2, 0) is 9.53 Å². The van der Waals surface area contributed by atoms with Gasteiger partial charge in [0.1, 0.15) is 0 Å². The van der Waals surface area contributed by atoms with Crippen LogP contribution in [0.5, 0.6) is 0 Å². The number of esters is 1. The molecule has 14 heavy (non-hydrogen) atoms. The molecule has 0 spiro atoms. The van der Waals surface area contributed by atoms with Gasteiger partial charge in [0, 0.05) is 6.54 Å². The van der Waals surface area contributed by atoms with Gasteiger partial charge in [0.15, 0.2) is 0 Å². The highest BCUT2D eigenvalue weighted by atomic mass is 16.5. The van der Waals surface area contributed by atoms with Crippen LogP contribution in [0.2, 0.25) is 0 Å². The van der Waals surface area contributed by atoms with Crippen molar-refractivity contribution in [3.8, 4) is 0 Å². The molecule has 80 valence electrons. The largest absolute Gasteiger partial charge is 0.466 e. The molecule has 1 saturated heterocycles. The quantitative estimate of drug-likeness (QED) is 0.495. The average Bonchev–Trinajstić information content (AvgIpc) is 2.65. The molecule has 0 aliphatic carbocycles. The Hall–Kier alpha value is -0.830. The first kappa shape index (κ1) is 11.2. The van der Waals surface area contributed by atoms with Crippen LogP contribution in [0.3, 0.4) is 0 Å². The molecule has 3 nitrogen and oxygen atoms in total. The minimum Gasteiger partial charge on any atom is -0.466 e. The summed E-state index contributed by atoms with van der Waals surface area (Å²) < 4.78 is 4.81. The van der Waals surface area contributed by atoms with Crippen molar-refractivity contribution in [1.82, 2.24) is 4.90 Å². The third-order valence-electron chi connectivity index (χ3n) is 2.32. The first-order chi connectivity index (χ1) is 6.83. The van der Waals surface area contributed by atoms with Crippen molar-refractivity contribution < 1.29 is 9.53 Å². The third-order valence-corrected chi connectivity index (χ3v) is 2.32. The lowest BCUT2D eigenvalue weighted by atomic mass is 10.3. The van der Waals surface area contributed by atoms with Gasteiger partial charge in [-0.3, -0.25) is 9.69 Å². The fraction of sp³-hybridized carbons (Fsp3) is 0.727. The lowest BCUT2D eigenvalue weighted by molar-refractivity contribution is -0.142. The molecule has 0 radical (unpaired) electrons. The fourth-order valence-electron chi connectivity index (χ4n) is 1.59. The molecule has 0 bridgehead atoms. The number of hydrogen-bond acceptors (Lipinski definition) is 3. The third kappa shape index (κ3) is 4.42. The van der Waals surface area contributed by atoms with Gasteiger partial charge in [0.2, 0.25) is 0 Å². The van der Waals surface area contributed by atoms with Crippen molar-refractivity contribution in [3.05, 3.63) is 12.2 Å². The number of carbonyl (C=O) groups excluding carboxylic acids is 1. The Labute approximate surface area is 85.7 Å². The Kier molecular flexibility index (Phi) is 5.30. The van der Waals surface area contributed by atoms with Gasteiger partial charge in [-0.2, -0.15) is 0 Å². The van der Waals surface area contributed by atoms with E-state index in [1.807, 2.05) is 13.0 Å². The molecule has 0 saturated carbocycles. The Morgan fingerprint density at radius 1 is 1.36 bits per heavy atom. The van der Waals surface area contributed by atoms with Gasteiger partial charge in [0.05, 0.1) is 13.0 Å². The van der Waals surface area contributed by atoms with Gasteiger partial charge in [-0.15, -0.1) is 0 Å². The van der Waals surface area contributed by atoms with Crippen molar-refractivity contribution >= 4 is 5.97 Å². The molecule has 1 heterocycles. The summed E-state index contributed by atoms with van der Waals surface area (Å²) in [5.41, 5.74) is 0. The van der Waals surface area contributed by atoms with E-state index in [0.717, 1.165) is 6.54 Å². The molecular formula is C11H19NO2. The summed E-state index contributed by atoms with van der Waals surface area (Å²) in [7, 11) is 0. The standard InChI is InChI=1S/C11H19NO2/c1-2-14-11(13)7-3-4-8-12-9-5-6-10-12/h3-4H,2,5-10H2,1H3/b4-3+. The Bertz CT molecular complexity index is 195. The van der Waals surface area contributed by atoms with E-state index >= 15 is 0 Å². The SMILES string of the molecule is CCOC(=O)C/C=C/CN1CCCC1. The number of nitrogens with zero attached hydrogens (tertiary/aromatic N) is 1. The maximum Gasteiger partial charge on any atom is 0.309 e. The molecular weight excluding hydrogens is 178 g/mol. The predicted molar refractivity (Wildman–Crippen MR) is 56.1 cm³/mol. The van der Waals surface area contributed by atoms with Gasteiger partial charge in [0.25, 0.3) is 0 Å². The van der Waals surface area contributed by atoms with Crippen molar-refractivity contribution in [1.29, 1.82) is 0 Å². The Morgan fingerprint density at radius 2 is 2.07 bits per heavy atom. The topological polar surface area (TPSA) is 29.5 Å². The van der Waals surface area contributed by atoms with E-state index in [9.17, 15) is 4.79 Å². The zero-order chi connectivity index (χ0) is 10.2. The second-order valence-corrected chi connectivity index (χ2v) is 3.49. The summed E-state index contributed by atoms with van der Waals surface area (Å²) in [5.74, 6) is -0.134. The van der Waals surface area contributed by atoms with Gasteiger partial charge < -0.3 is 4.74 Å². The van der Waals surface area contributed by atoms with Crippen LogP contribution in [0.15, 0.2) is 12.2 Å². The molecule has 1 aliphatic heterocycles. The smallest absolute Gasteiger partial charge is 0.309 e. The molecule has 1 rings (SSSR count). The molecule has 0 atom stereocenters. The van der Waals surface area contributed by atoms with E-state index in [0.29, 0.717) is 13.0 Å². The van der Waals surface area contributed by atoms with Gasteiger partial charge in [-0.25, -0.2) is 0 Å². The van der Waals surface area contributed by atoms with Crippen molar-refractivity contribution in [2.45, 2.75) is 26.2 Å². The molecule has 0 unspecified atom stereocenters. The van der Waals surface area contributed by atoms with E-state index in [1.54, 1.807) is 0 Å². The Balaban J connectivity index is 2.05. The van der Waals surface area contributed by atoms with E-state index in [4.69, 9.17) is 4.74 Å². The lowest BCUT2D eigenvalue weighted by Gasteiger charge is -2.10. The number of hydrogen-bond donors (Lipinski definition) is 0. The first-order valence-electron chi connectivity index (χ1n) is 5.36. The molecule has 3 heteroatoms. The summed E-state index contributed by atoms with van der Waals surface area (Å²) in [4.78, 5) is 13.3.